The summed E-state index contributed by atoms with van der Waals surface area (Å²) in [7, 11) is 2.65. The molecule has 5 rings (SSSR count). The predicted molar refractivity (Wildman–Crippen MR) is 174 cm³/mol. The van der Waals surface area contributed by atoms with Crippen molar-refractivity contribution in [3.63, 3.8) is 0 Å². The summed E-state index contributed by atoms with van der Waals surface area (Å²) in [6.45, 7) is 3.16. The summed E-state index contributed by atoms with van der Waals surface area (Å²) in [6, 6.07) is 4.08. The van der Waals surface area contributed by atoms with Gasteiger partial charge in [0.25, 0.3) is 0 Å². The number of hydrogen-bond donors (Lipinski definition) is 3. The number of amides is 3. The largest absolute Gasteiger partial charge is 0.466 e. The third-order valence-electron chi connectivity index (χ3n) is 7.98. The van der Waals surface area contributed by atoms with Gasteiger partial charge in [0.05, 0.1) is 36.3 Å². The normalized spacial score (nSPS) is 13.5. The number of halogens is 5. The van der Waals surface area contributed by atoms with Crippen molar-refractivity contribution in [2.45, 2.75) is 38.7 Å². The van der Waals surface area contributed by atoms with E-state index in [1.807, 2.05) is 5.32 Å². The Morgan fingerprint density at radius 2 is 1.73 bits per heavy atom. The van der Waals surface area contributed by atoms with Gasteiger partial charge in [-0.2, -0.15) is 18.3 Å². The van der Waals surface area contributed by atoms with Crippen molar-refractivity contribution < 1.29 is 50.5 Å². The fourth-order valence-corrected chi connectivity index (χ4v) is 5.55. The zero-order chi connectivity index (χ0) is 37.2. The molecule has 1 aliphatic heterocycles. The van der Waals surface area contributed by atoms with Crippen LogP contribution in [0, 0.1) is 11.6 Å². The third kappa shape index (κ3) is 7.54. The Morgan fingerprint density at radius 1 is 1.00 bits per heavy atom. The van der Waals surface area contributed by atoms with Crippen LogP contribution in [0.25, 0.3) is 22.2 Å². The molecule has 4 aromatic rings. The lowest BCUT2D eigenvalue weighted by atomic mass is 9.96. The number of urea groups is 1. The summed E-state index contributed by atoms with van der Waals surface area (Å²) >= 11 is 0. The molecule has 0 radical (unpaired) electrons. The van der Waals surface area contributed by atoms with E-state index in [9.17, 15) is 31.9 Å². The highest BCUT2D eigenvalue weighted by Gasteiger charge is 2.36. The second-order valence-electron chi connectivity index (χ2n) is 11.8. The standard InChI is InChI=1S/C33H32F5N7O6/c1-32(2,29(46)50-4)51-31(48)44-11-9-17(10-12-44)26-20(15-49-3)25(27-28(39)40-16-41-45(26)27)18-5-8-23(22(35)13-18)42-30(47)43-24-14-19(33(36,37)38)6-7-21(24)34/h5-9,13-14,16H,10-12,15H2,1-4H3,(H2,39,40,41)(H2,42,43,47). The molecule has 3 amide bonds. The van der Waals surface area contributed by atoms with Crippen LogP contribution in [-0.4, -0.2) is 70.5 Å². The molecule has 18 heteroatoms. The Labute approximate surface area is 287 Å². The number of alkyl halides is 3. The van der Waals surface area contributed by atoms with Gasteiger partial charge in [-0.1, -0.05) is 12.1 Å². The number of benzene rings is 2. The van der Waals surface area contributed by atoms with Gasteiger partial charge >= 0.3 is 24.3 Å². The van der Waals surface area contributed by atoms with Gasteiger partial charge in [0.1, 0.15) is 23.5 Å². The van der Waals surface area contributed by atoms with Crippen LogP contribution in [0.1, 0.15) is 37.1 Å². The number of nitrogens with one attached hydrogen (secondary N) is 2. The van der Waals surface area contributed by atoms with Gasteiger partial charge in [-0.25, -0.2) is 32.7 Å². The Hall–Kier alpha value is -5.78. The van der Waals surface area contributed by atoms with Gasteiger partial charge in [-0.15, -0.1) is 0 Å². The number of nitrogens with two attached hydrogens (primary N) is 1. The molecule has 2 aromatic carbocycles. The molecule has 3 heterocycles. The maximum atomic E-state index is 15.6. The van der Waals surface area contributed by atoms with E-state index in [0.717, 1.165) is 11.6 Å². The average molecular weight is 718 g/mol. The van der Waals surface area contributed by atoms with Crippen molar-refractivity contribution in [2.24, 2.45) is 0 Å². The zero-order valence-corrected chi connectivity index (χ0v) is 27.7. The summed E-state index contributed by atoms with van der Waals surface area (Å²) in [6.07, 6.45) is -2.17. The van der Waals surface area contributed by atoms with Gasteiger partial charge in [-0.05, 0) is 61.7 Å². The molecule has 0 atom stereocenters. The SMILES string of the molecule is COCc1c(-c2ccc(NC(=O)Nc3cc(C(F)(F)F)ccc3F)c(F)c2)c2c(N)ncnn2c1C1=CCN(C(=O)OC(C)(C)C(=O)OC)CC1. The molecule has 0 fully saturated rings. The number of carbonyl (C=O) groups excluding carboxylic acids is 3. The van der Waals surface area contributed by atoms with Crippen LogP contribution in [0.3, 0.4) is 0 Å². The lowest BCUT2D eigenvalue weighted by molar-refractivity contribution is -0.159. The Bertz CT molecular complexity index is 2050. The molecule has 0 saturated carbocycles. The average Bonchev–Trinajstić information content (AvgIpc) is 3.40. The van der Waals surface area contributed by atoms with Gasteiger partial charge in [0.2, 0.25) is 5.60 Å². The Kier molecular flexibility index (Phi) is 10.2. The first-order valence-corrected chi connectivity index (χ1v) is 15.2. The molecule has 0 bridgehead atoms. The summed E-state index contributed by atoms with van der Waals surface area (Å²) in [5.41, 5.74) is 5.38. The van der Waals surface area contributed by atoms with E-state index in [0.29, 0.717) is 47.0 Å². The Morgan fingerprint density at radius 3 is 2.35 bits per heavy atom. The molecule has 0 spiro atoms. The number of nitrogens with zero attached hydrogens (tertiary/aromatic N) is 4. The lowest BCUT2D eigenvalue weighted by Crippen LogP contribution is -2.44. The molecule has 0 unspecified atom stereocenters. The number of fused-ring (bicyclic) bond motifs is 1. The topological polar surface area (TPSA) is 162 Å². The first-order valence-electron chi connectivity index (χ1n) is 15.2. The van der Waals surface area contributed by atoms with E-state index in [4.69, 9.17) is 19.9 Å². The number of anilines is 3. The van der Waals surface area contributed by atoms with Gasteiger partial charge in [-0.3, -0.25) is 0 Å². The zero-order valence-electron chi connectivity index (χ0n) is 27.7. The minimum Gasteiger partial charge on any atom is -0.466 e. The van der Waals surface area contributed by atoms with E-state index in [1.54, 1.807) is 6.08 Å². The minimum atomic E-state index is -4.78. The summed E-state index contributed by atoms with van der Waals surface area (Å²) in [4.78, 5) is 42.9. The molecule has 51 heavy (non-hydrogen) atoms. The van der Waals surface area contributed by atoms with E-state index >= 15 is 4.39 Å². The number of nitrogen functional groups attached to an aromatic ring is 1. The molecule has 1 aliphatic rings. The van der Waals surface area contributed by atoms with Gasteiger partial charge in [0, 0.05) is 31.3 Å². The van der Waals surface area contributed by atoms with Crippen molar-refractivity contribution in [1.29, 1.82) is 0 Å². The summed E-state index contributed by atoms with van der Waals surface area (Å²) in [5.74, 6) is -2.72. The smallest absolute Gasteiger partial charge is 0.416 e. The number of hydrogen-bond acceptors (Lipinski definition) is 9. The quantitative estimate of drug-likeness (QED) is 0.141. The molecule has 270 valence electrons. The van der Waals surface area contributed by atoms with Gasteiger partial charge in [0.15, 0.2) is 5.82 Å². The fraction of sp³-hybridized carbons (Fsp3) is 0.303. The van der Waals surface area contributed by atoms with Crippen molar-refractivity contribution >= 4 is 46.4 Å². The number of ether oxygens (including phenoxy) is 3. The molecule has 2 aromatic heterocycles. The number of rotatable bonds is 8. The van der Waals surface area contributed by atoms with Crippen molar-refractivity contribution in [3.05, 3.63) is 77.3 Å². The second-order valence-corrected chi connectivity index (χ2v) is 11.8. The molecule has 13 nitrogen and oxygen atoms in total. The number of esters is 1. The first kappa shape index (κ1) is 36.5. The maximum Gasteiger partial charge on any atom is 0.416 e. The van der Waals surface area contributed by atoms with E-state index < -0.39 is 52.8 Å². The highest BCUT2D eigenvalue weighted by atomic mass is 19.4. The van der Waals surface area contributed by atoms with Crippen molar-refractivity contribution in [3.8, 4) is 11.1 Å². The Balaban J connectivity index is 1.45. The monoisotopic (exact) mass is 717 g/mol. The van der Waals surface area contributed by atoms with Crippen molar-refractivity contribution in [1.82, 2.24) is 19.5 Å². The predicted octanol–water partition coefficient (Wildman–Crippen LogP) is 6.24. The van der Waals surface area contributed by atoms with Crippen LogP contribution in [0.15, 0.2) is 48.8 Å². The van der Waals surface area contributed by atoms with E-state index in [1.165, 1.54) is 55.9 Å². The minimum absolute atomic E-state index is 0.0104. The van der Waals surface area contributed by atoms with Crippen LogP contribution in [0.4, 0.5) is 48.7 Å². The highest BCUT2D eigenvalue weighted by molar-refractivity contribution is 6.00. The van der Waals surface area contributed by atoms with Crippen LogP contribution in [-0.2, 0) is 31.8 Å². The molecular formula is C33H32F5N7O6. The van der Waals surface area contributed by atoms with Gasteiger partial charge < -0.3 is 35.5 Å². The molecule has 4 N–H and O–H groups in total. The molecular weight excluding hydrogens is 685 g/mol. The number of aromatic nitrogens is 3. The summed E-state index contributed by atoms with van der Waals surface area (Å²) < 4.78 is 86.1. The van der Waals surface area contributed by atoms with E-state index in [-0.39, 0.29) is 36.8 Å². The second kappa shape index (κ2) is 14.2. The first-order chi connectivity index (χ1) is 24.0. The fourth-order valence-electron chi connectivity index (χ4n) is 5.55. The van der Waals surface area contributed by atoms with Crippen LogP contribution < -0.4 is 16.4 Å². The van der Waals surface area contributed by atoms with Crippen LogP contribution >= 0.6 is 0 Å². The van der Waals surface area contributed by atoms with Crippen LogP contribution in [0.2, 0.25) is 0 Å². The van der Waals surface area contributed by atoms with Crippen molar-refractivity contribution in [2.75, 3.05) is 43.7 Å². The molecule has 0 saturated heterocycles. The summed E-state index contributed by atoms with van der Waals surface area (Å²) in [5, 5.41) is 8.54. The number of carbonyl (C=O) groups is 3. The maximum absolute atomic E-state index is 15.6. The lowest BCUT2D eigenvalue weighted by Gasteiger charge is -2.30. The third-order valence-corrected chi connectivity index (χ3v) is 7.98. The number of methoxy groups -OCH3 is 2. The molecule has 0 aliphatic carbocycles. The van der Waals surface area contributed by atoms with E-state index in [2.05, 4.69) is 15.4 Å². The highest BCUT2D eigenvalue weighted by Crippen LogP contribution is 2.41. The van der Waals surface area contributed by atoms with Crippen LogP contribution in [0.5, 0.6) is 0 Å².